The first-order valence-electron chi connectivity index (χ1n) is 7.75. The van der Waals surface area contributed by atoms with Gasteiger partial charge in [-0.15, -0.1) is 0 Å². The van der Waals surface area contributed by atoms with Gasteiger partial charge in [0.2, 0.25) is 0 Å². The molecule has 24 heavy (non-hydrogen) atoms. The summed E-state index contributed by atoms with van der Waals surface area (Å²) in [5, 5.41) is 8.89. The quantitative estimate of drug-likeness (QED) is 0.896. The topological polar surface area (TPSA) is 89.1 Å². The minimum absolute atomic E-state index is 0.104. The van der Waals surface area contributed by atoms with E-state index < -0.39 is 23.5 Å². The minimum atomic E-state index is -1.34. The molecule has 1 saturated carbocycles. The van der Waals surface area contributed by atoms with Crippen LogP contribution < -0.4 is 5.73 Å². The molecule has 1 aliphatic rings. The number of aromatic nitrogens is 2. The van der Waals surface area contributed by atoms with E-state index in [1.54, 1.807) is 6.20 Å². The summed E-state index contributed by atoms with van der Waals surface area (Å²) < 4.78 is 27.2. The molecule has 1 heterocycles. The largest absolute Gasteiger partial charge is 0.478 e. The van der Waals surface area contributed by atoms with E-state index in [0.29, 0.717) is 42.6 Å². The number of benzene rings is 1. The normalized spacial score (nSPS) is 20.8. The van der Waals surface area contributed by atoms with Crippen molar-refractivity contribution in [1.29, 1.82) is 0 Å². The lowest BCUT2D eigenvalue weighted by atomic mass is 9.86. The van der Waals surface area contributed by atoms with Crippen molar-refractivity contribution in [3.63, 3.8) is 0 Å². The molecule has 126 valence electrons. The number of hydrogen-bond donors (Lipinski definition) is 2. The van der Waals surface area contributed by atoms with Crippen LogP contribution in [-0.4, -0.2) is 27.2 Å². The number of nitrogens with two attached hydrogens (primary N) is 1. The second-order valence-corrected chi connectivity index (χ2v) is 5.98. The first kappa shape index (κ1) is 16.3. The zero-order valence-corrected chi connectivity index (χ0v) is 12.9. The third-order valence-corrected chi connectivity index (χ3v) is 4.37. The molecule has 0 amide bonds. The Morgan fingerprint density at radius 2 is 1.96 bits per heavy atom. The minimum Gasteiger partial charge on any atom is -0.478 e. The van der Waals surface area contributed by atoms with Gasteiger partial charge in [-0.3, -0.25) is 0 Å². The third kappa shape index (κ3) is 3.20. The third-order valence-electron chi connectivity index (χ3n) is 4.37. The van der Waals surface area contributed by atoms with Crippen LogP contribution in [-0.2, 0) is 0 Å². The first-order valence-corrected chi connectivity index (χ1v) is 7.75. The predicted octanol–water partition coefficient (Wildman–Crippen LogP) is 3.56. The van der Waals surface area contributed by atoms with Crippen molar-refractivity contribution >= 4 is 11.8 Å². The van der Waals surface area contributed by atoms with Crippen molar-refractivity contribution in [3.05, 3.63) is 41.5 Å². The highest BCUT2D eigenvalue weighted by molar-refractivity contribution is 5.88. The first-order chi connectivity index (χ1) is 11.5. The number of rotatable bonds is 3. The summed E-state index contributed by atoms with van der Waals surface area (Å²) in [6.07, 6.45) is 3.17. The number of anilines is 1. The fourth-order valence-corrected chi connectivity index (χ4v) is 3.01. The average Bonchev–Trinajstić information content (AvgIpc) is 2.55. The SMILES string of the molecule is Nc1ncc(C2CCC(F)CC2)nc1-c1ccc(C(=O)O)c(F)c1. The van der Waals surface area contributed by atoms with E-state index >= 15 is 0 Å². The van der Waals surface area contributed by atoms with Crippen molar-refractivity contribution in [1.82, 2.24) is 9.97 Å². The van der Waals surface area contributed by atoms with Gasteiger partial charge in [-0.25, -0.2) is 23.5 Å². The lowest BCUT2D eigenvalue weighted by Gasteiger charge is -2.24. The fraction of sp³-hybridized carbons (Fsp3) is 0.353. The Hall–Kier alpha value is -2.57. The molecule has 7 heteroatoms. The number of carbonyl (C=O) groups is 1. The lowest BCUT2D eigenvalue weighted by Crippen LogP contribution is -2.15. The monoisotopic (exact) mass is 333 g/mol. The van der Waals surface area contributed by atoms with Crippen LogP contribution >= 0.6 is 0 Å². The highest BCUT2D eigenvalue weighted by Crippen LogP contribution is 2.34. The van der Waals surface area contributed by atoms with Crippen molar-refractivity contribution in [2.75, 3.05) is 5.73 Å². The Labute approximate surface area is 137 Å². The number of nitrogen functional groups attached to an aromatic ring is 1. The van der Waals surface area contributed by atoms with E-state index in [1.807, 2.05) is 0 Å². The van der Waals surface area contributed by atoms with Crippen LogP contribution in [0.3, 0.4) is 0 Å². The summed E-state index contributed by atoms with van der Waals surface area (Å²) in [4.78, 5) is 19.5. The number of halogens is 2. The lowest BCUT2D eigenvalue weighted by molar-refractivity contribution is 0.0692. The van der Waals surface area contributed by atoms with Crippen LogP contribution in [0.5, 0.6) is 0 Å². The molecule has 3 N–H and O–H groups in total. The Morgan fingerprint density at radius 3 is 2.58 bits per heavy atom. The summed E-state index contributed by atoms with van der Waals surface area (Å²) in [5.41, 5.74) is 6.81. The standard InChI is InChI=1S/C17H17F2N3O2/c18-11-4-1-9(2-5-11)14-8-21-16(20)15(22-14)10-3-6-12(17(23)24)13(19)7-10/h3,6-9,11H,1-2,4-5H2,(H2,20,21)(H,23,24). The summed E-state index contributed by atoms with van der Waals surface area (Å²) in [7, 11) is 0. The fourth-order valence-electron chi connectivity index (χ4n) is 3.01. The van der Waals surface area contributed by atoms with E-state index in [2.05, 4.69) is 9.97 Å². The molecule has 0 spiro atoms. The van der Waals surface area contributed by atoms with Crippen molar-refractivity contribution in [3.8, 4) is 11.3 Å². The molecular formula is C17H17F2N3O2. The van der Waals surface area contributed by atoms with Crippen LogP contribution in [0.1, 0.15) is 47.7 Å². The van der Waals surface area contributed by atoms with E-state index in [0.717, 1.165) is 6.07 Å². The Balaban J connectivity index is 1.94. The molecule has 3 rings (SSSR count). The summed E-state index contributed by atoms with van der Waals surface area (Å²) in [6.45, 7) is 0. The molecule has 2 aromatic rings. The molecule has 1 aliphatic carbocycles. The Morgan fingerprint density at radius 1 is 1.25 bits per heavy atom. The number of nitrogens with zero attached hydrogens (tertiary/aromatic N) is 2. The number of alkyl halides is 1. The van der Waals surface area contributed by atoms with Gasteiger partial charge in [0.1, 0.15) is 23.5 Å². The molecule has 0 radical (unpaired) electrons. The second kappa shape index (κ2) is 6.51. The van der Waals surface area contributed by atoms with Gasteiger partial charge in [-0.05, 0) is 37.8 Å². The van der Waals surface area contributed by atoms with Crippen molar-refractivity contribution in [2.45, 2.75) is 37.8 Å². The zero-order valence-electron chi connectivity index (χ0n) is 12.9. The van der Waals surface area contributed by atoms with Crippen LogP contribution in [0.2, 0.25) is 0 Å². The van der Waals surface area contributed by atoms with Gasteiger partial charge in [0.05, 0.1) is 17.5 Å². The molecule has 0 bridgehead atoms. The van der Waals surface area contributed by atoms with Gasteiger partial charge in [-0.2, -0.15) is 0 Å². The summed E-state index contributed by atoms with van der Waals surface area (Å²) in [6, 6.07) is 3.72. The van der Waals surface area contributed by atoms with Gasteiger partial charge in [0.15, 0.2) is 0 Å². The maximum absolute atomic E-state index is 13.9. The molecule has 1 aromatic heterocycles. The highest BCUT2D eigenvalue weighted by Gasteiger charge is 2.24. The van der Waals surface area contributed by atoms with Crippen LogP contribution in [0.15, 0.2) is 24.4 Å². The molecule has 0 unspecified atom stereocenters. The van der Waals surface area contributed by atoms with E-state index in [4.69, 9.17) is 10.8 Å². The van der Waals surface area contributed by atoms with Crippen LogP contribution in [0.25, 0.3) is 11.3 Å². The maximum Gasteiger partial charge on any atom is 0.338 e. The second-order valence-electron chi connectivity index (χ2n) is 5.98. The number of carboxylic acid groups (broad SMARTS) is 1. The average molecular weight is 333 g/mol. The molecule has 1 aromatic carbocycles. The van der Waals surface area contributed by atoms with E-state index in [1.165, 1.54) is 12.1 Å². The Bertz CT molecular complexity index is 774. The summed E-state index contributed by atoms with van der Waals surface area (Å²) in [5.74, 6) is -1.95. The van der Waals surface area contributed by atoms with Crippen LogP contribution in [0, 0.1) is 5.82 Å². The van der Waals surface area contributed by atoms with Gasteiger partial charge < -0.3 is 10.8 Å². The smallest absolute Gasteiger partial charge is 0.338 e. The van der Waals surface area contributed by atoms with Gasteiger partial charge in [0, 0.05) is 11.5 Å². The summed E-state index contributed by atoms with van der Waals surface area (Å²) >= 11 is 0. The molecular weight excluding hydrogens is 316 g/mol. The molecule has 0 saturated heterocycles. The zero-order chi connectivity index (χ0) is 17.3. The number of aromatic carboxylic acids is 1. The van der Waals surface area contributed by atoms with E-state index in [-0.39, 0.29) is 11.7 Å². The number of hydrogen-bond acceptors (Lipinski definition) is 4. The van der Waals surface area contributed by atoms with Gasteiger partial charge in [-0.1, -0.05) is 6.07 Å². The Kier molecular flexibility index (Phi) is 4.42. The number of carboxylic acids is 1. The van der Waals surface area contributed by atoms with E-state index in [9.17, 15) is 13.6 Å². The molecule has 0 atom stereocenters. The molecule has 0 aliphatic heterocycles. The van der Waals surface area contributed by atoms with Crippen LogP contribution in [0.4, 0.5) is 14.6 Å². The highest BCUT2D eigenvalue weighted by atomic mass is 19.1. The van der Waals surface area contributed by atoms with Gasteiger partial charge in [0.25, 0.3) is 0 Å². The predicted molar refractivity (Wildman–Crippen MR) is 84.9 cm³/mol. The molecule has 1 fully saturated rings. The van der Waals surface area contributed by atoms with Crippen molar-refractivity contribution < 1.29 is 18.7 Å². The molecule has 5 nitrogen and oxygen atoms in total. The van der Waals surface area contributed by atoms with Gasteiger partial charge >= 0.3 is 5.97 Å². The maximum atomic E-state index is 13.9. The van der Waals surface area contributed by atoms with Crippen molar-refractivity contribution in [2.24, 2.45) is 0 Å².